The molecule has 1 amide bonds. The highest BCUT2D eigenvalue weighted by Crippen LogP contribution is 2.32. The first-order valence-corrected chi connectivity index (χ1v) is 10.9. The van der Waals surface area contributed by atoms with Crippen molar-refractivity contribution in [1.29, 1.82) is 0 Å². The Kier molecular flexibility index (Phi) is 5.82. The van der Waals surface area contributed by atoms with Crippen molar-refractivity contribution in [3.05, 3.63) is 61.6 Å². The number of carbonyl (C=O) groups excluding carboxylic acids is 1. The molecule has 1 aliphatic rings. The minimum atomic E-state index is -3.79. The maximum atomic E-state index is 12.2. The van der Waals surface area contributed by atoms with Crippen LogP contribution in [0, 0.1) is 5.92 Å². The molecule has 138 valence electrons. The van der Waals surface area contributed by atoms with Crippen molar-refractivity contribution in [3.63, 3.8) is 0 Å². The minimum absolute atomic E-state index is 0.444. The molecule has 0 bridgehead atoms. The van der Waals surface area contributed by atoms with Gasteiger partial charge in [0.2, 0.25) is 0 Å². The molecule has 26 heavy (non-hydrogen) atoms. The van der Waals surface area contributed by atoms with E-state index in [9.17, 15) is 13.2 Å². The summed E-state index contributed by atoms with van der Waals surface area (Å²) in [6.07, 6.45) is 4.49. The average molecular weight is 411 g/mol. The number of sulfonamides is 1. The number of hydrogen-bond acceptors (Lipinski definition) is 4. The SMILES string of the molecule is CC1CCc2sc(C(=O)NNS(=O)(=O)/C=C/c3ccc(Cl)cc3)cc2C1. The Labute approximate surface area is 162 Å². The van der Waals surface area contributed by atoms with Crippen LogP contribution in [-0.4, -0.2) is 14.3 Å². The highest BCUT2D eigenvalue weighted by Gasteiger charge is 2.21. The molecule has 0 saturated heterocycles. The van der Waals surface area contributed by atoms with Crippen LogP contribution in [0.4, 0.5) is 0 Å². The van der Waals surface area contributed by atoms with Gasteiger partial charge in [0.25, 0.3) is 15.9 Å². The van der Waals surface area contributed by atoms with E-state index in [4.69, 9.17) is 11.6 Å². The lowest BCUT2D eigenvalue weighted by atomic mass is 9.90. The van der Waals surface area contributed by atoms with Gasteiger partial charge in [-0.1, -0.05) is 30.7 Å². The number of hydrogen-bond donors (Lipinski definition) is 2. The fourth-order valence-electron chi connectivity index (χ4n) is 2.77. The Balaban J connectivity index is 1.60. The molecule has 3 rings (SSSR count). The first-order chi connectivity index (χ1) is 12.3. The molecular formula is C18H19ClN2O3S2. The van der Waals surface area contributed by atoms with E-state index in [2.05, 4.69) is 17.2 Å². The predicted octanol–water partition coefficient (Wildman–Crippen LogP) is 3.76. The Hall–Kier alpha value is -1.67. The third-order valence-electron chi connectivity index (χ3n) is 4.17. The van der Waals surface area contributed by atoms with Crippen molar-refractivity contribution in [2.45, 2.75) is 26.2 Å². The molecule has 1 aliphatic carbocycles. The van der Waals surface area contributed by atoms with Gasteiger partial charge in [0.15, 0.2) is 0 Å². The summed E-state index contributed by atoms with van der Waals surface area (Å²) in [5.41, 5.74) is 4.15. The summed E-state index contributed by atoms with van der Waals surface area (Å²) in [5, 5.41) is 1.57. The summed E-state index contributed by atoms with van der Waals surface area (Å²) in [7, 11) is -3.79. The molecule has 1 aromatic carbocycles. The second kappa shape index (κ2) is 7.92. The minimum Gasteiger partial charge on any atom is -0.273 e. The van der Waals surface area contributed by atoms with Crippen molar-refractivity contribution in [1.82, 2.24) is 10.3 Å². The van der Waals surface area contributed by atoms with Crippen molar-refractivity contribution >= 4 is 44.9 Å². The van der Waals surface area contributed by atoms with Crippen molar-refractivity contribution in [2.24, 2.45) is 5.92 Å². The summed E-state index contributed by atoms with van der Waals surface area (Å²) in [6, 6.07) is 8.60. The molecule has 1 heterocycles. The fourth-order valence-corrected chi connectivity index (χ4v) is 4.64. The molecular weight excluding hydrogens is 392 g/mol. The van der Waals surface area contributed by atoms with E-state index >= 15 is 0 Å². The van der Waals surface area contributed by atoms with Gasteiger partial charge in [-0.25, -0.2) is 8.42 Å². The number of rotatable bonds is 5. The molecule has 0 saturated carbocycles. The Morgan fingerprint density at radius 3 is 2.77 bits per heavy atom. The van der Waals surface area contributed by atoms with E-state index in [0.29, 0.717) is 21.4 Å². The summed E-state index contributed by atoms with van der Waals surface area (Å²) in [5.74, 6) is 0.171. The second-order valence-corrected chi connectivity index (χ2v) is 9.50. The van der Waals surface area contributed by atoms with Gasteiger partial charge < -0.3 is 0 Å². The quantitative estimate of drug-likeness (QED) is 0.737. The predicted molar refractivity (Wildman–Crippen MR) is 106 cm³/mol. The van der Waals surface area contributed by atoms with Crippen molar-refractivity contribution < 1.29 is 13.2 Å². The molecule has 0 fully saturated rings. The van der Waals surface area contributed by atoms with Crippen molar-refractivity contribution in [2.75, 3.05) is 0 Å². The van der Waals surface area contributed by atoms with E-state index in [0.717, 1.165) is 24.7 Å². The maximum Gasteiger partial charge on any atom is 0.276 e. The third kappa shape index (κ3) is 4.94. The number of hydrazine groups is 1. The second-order valence-electron chi connectivity index (χ2n) is 6.36. The van der Waals surface area contributed by atoms with Gasteiger partial charge in [-0.2, -0.15) is 0 Å². The van der Waals surface area contributed by atoms with E-state index < -0.39 is 15.9 Å². The van der Waals surface area contributed by atoms with Crippen LogP contribution >= 0.6 is 22.9 Å². The molecule has 0 radical (unpaired) electrons. The van der Waals surface area contributed by atoms with Crippen LogP contribution in [0.5, 0.6) is 0 Å². The first kappa shape index (κ1) is 19.1. The number of benzene rings is 1. The smallest absolute Gasteiger partial charge is 0.273 e. The lowest BCUT2D eigenvalue weighted by molar-refractivity contribution is 0.0949. The monoisotopic (exact) mass is 410 g/mol. The molecule has 1 aromatic heterocycles. The molecule has 8 heteroatoms. The molecule has 2 aromatic rings. The maximum absolute atomic E-state index is 12.2. The van der Waals surface area contributed by atoms with Gasteiger partial charge in [-0.05, 0) is 60.6 Å². The Bertz CT molecular complexity index is 934. The summed E-state index contributed by atoms with van der Waals surface area (Å²) < 4.78 is 24.0. The van der Waals surface area contributed by atoms with Gasteiger partial charge in [-0.3, -0.25) is 10.2 Å². The van der Waals surface area contributed by atoms with E-state index in [1.807, 2.05) is 6.07 Å². The number of aryl methyl sites for hydroxylation is 1. The zero-order valence-electron chi connectivity index (χ0n) is 14.2. The number of fused-ring (bicyclic) bond motifs is 1. The van der Waals surface area contributed by atoms with Crippen LogP contribution in [-0.2, 0) is 22.9 Å². The molecule has 0 spiro atoms. The average Bonchev–Trinajstić information content (AvgIpc) is 3.02. The van der Waals surface area contributed by atoms with E-state index in [-0.39, 0.29) is 0 Å². The number of amides is 1. The number of nitrogens with one attached hydrogen (secondary N) is 2. The van der Waals surface area contributed by atoms with Gasteiger partial charge in [0.1, 0.15) is 0 Å². The number of halogens is 1. The van der Waals surface area contributed by atoms with Crippen LogP contribution in [0.25, 0.3) is 6.08 Å². The lowest BCUT2D eigenvalue weighted by Crippen LogP contribution is -2.40. The van der Waals surface area contributed by atoms with Gasteiger partial charge in [0, 0.05) is 15.3 Å². The van der Waals surface area contributed by atoms with Gasteiger partial charge >= 0.3 is 0 Å². The molecule has 0 aliphatic heterocycles. The molecule has 1 atom stereocenters. The zero-order chi connectivity index (χ0) is 18.7. The normalized spacial score (nSPS) is 17.2. The van der Waals surface area contributed by atoms with Crippen LogP contribution in [0.1, 0.15) is 39.0 Å². The topological polar surface area (TPSA) is 75.3 Å². The van der Waals surface area contributed by atoms with E-state index in [1.165, 1.54) is 27.9 Å². The Morgan fingerprint density at radius 2 is 2.04 bits per heavy atom. The van der Waals surface area contributed by atoms with Gasteiger partial charge in [-0.15, -0.1) is 16.2 Å². The largest absolute Gasteiger partial charge is 0.276 e. The van der Waals surface area contributed by atoms with Crippen LogP contribution < -0.4 is 10.3 Å². The Morgan fingerprint density at radius 1 is 1.31 bits per heavy atom. The fraction of sp³-hybridized carbons (Fsp3) is 0.278. The highest BCUT2D eigenvalue weighted by atomic mass is 35.5. The van der Waals surface area contributed by atoms with Crippen LogP contribution in [0.3, 0.4) is 0 Å². The van der Waals surface area contributed by atoms with Gasteiger partial charge in [0.05, 0.1) is 4.88 Å². The molecule has 1 unspecified atom stereocenters. The standard InChI is InChI=1S/C18H19ClN2O3S2/c1-12-2-7-16-14(10-12)11-17(25-16)18(22)20-21-26(23,24)9-8-13-3-5-15(19)6-4-13/h3-6,8-9,11-12,21H,2,7,10H2,1H3,(H,20,22)/b9-8+. The summed E-state index contributed by atoms with van der Waals surface area (Å²) in [6.45, 7) is 2.20. The third-order valence-corrected chi connectivity index (χ3v) is 6.54. The summed E-state index contributed by atoms with van der Waals surface area (Å²) in [4.78, 5) is 16.1. The molecule has 5 nitrogen and oxygen atoms in total. The van der Waals surface area contributed by atoms with E-state index in [1.54, 1.807) is 24.3 Å². The van der Waals surface area contributed by atoms with Crippen molar-refractivity contribution in [3.8, 4) is 0 Å². The summed E-state index contributed by atoms with van der Waals surface area (Å²) >= 11 is 7.22. The number of thiophene rings is 1. The lowest BCUT2D eigenvalue weighted by Gasteiger charge is -2.16. The number of carbonyl (C=O) groups is 1. The first-order valence-electron chi connectivity index (χ1n) is 8.20. The van der Waals surface area contributed by atoms with Crippen LogP contribution in [0.2, 0.25) is 5.02 Å². The van der Waals surface area contributed by atoms with Crippen LogP contribution in [0.15, 0.2) is 35.7 Å². The molecule has 2 N–H and O–H groups in total. The zero-order valence-corrected chi connectivity index (χ0v) is 16.5. The highest BCUT2D eigenvalue weighted by molar-refractivity contribution is 7.92.